The fourth-order valence-corrected chi connectivity index (χ4v) is 4.54. The number of fused-ring (bicyclic) bond motifs is 3. The van der Waals surface area contributed by atoms with Gasteiger partial charge in [-0.3, -0.25) is 9.79 Å². The molecule has 0 radical (unpaired) electrons. The van der Waals surface area contributed by atoms with E-state index in [1.165, 1.54) is 6.26 Å². The molecule has 2 aliphatic heterocycles. The summed E-state index contributed by atoms with van der Waals surface area (Å²) in [7, 11) is 3.13. The number of nitrogens with one attached hydrogen (secondary N) is 1. The Labute approximate surface area is 187 Å². The van der Waals surface area contributed by atoms with Gasteiger partial charge in [-0.15, -0.1) is 0 Å². The van der Waals surface area contributed by atoms with Gasteiger partial charge in [-0.05, 0) is 45.3 Å². The van der Waals surface area contributed by atoms with Crippen molar-refractivity contribution in [1.29, 1.82) is 5.26 Å². The minimum absolute atomic E-state index is 0.0186. The zero-order chi connectivity index (χ0) is 22.1. The molecule has 0 aromatic heterocycles. The Bertz CT molecular complexity index is 1160. The fourth-order valence-electron chi connectivity index (χ4n) is 3.92. The van der Waals surface area contributed by atoms with Crippen LogP contribution in [-0.4, -0.2) is 39.0 Å². The molecule has 2 atom stereocenters. The second kappa shape index (κ2) is 8.32. The molecule has 0 bridgehead atoms. The molecule has 1 aromatic rings. The van der Waals surface area contributed by atoms with Crippen LogP contribution in [0.1, 0.15) is 11.5 Å². The first-order valence-corrected chi connectivity index (χ1v) is 10.2. The number of amides is 1. The van der Waals surface area contributed by atoms with Gasteiger partial charge in [0.05, 0.1) is 60.8 Å². The van der Waals surface area contributed by atoms with Gasteiger partial charge >= 0.3 is 0 Å². The molecule has 0 fully saturated rings. The van der Waals surface area contributed by atoms with Crippen LogP contribution in [-0.2, 0) is 9.53 Å². The zero-order valence-corrected chi connectivity index (χ0v) is 18.4. The normalized spacial score (nSPS) is 21.0. The highest BCUT2D eigenvalue weighted by Gasteiger charge is 2.40. The van der Waals surface area contributed by atoms with Crippen molar-refractivity contribution < 1.29 is 19.0 Å². The second-order valence-corrected chi connectivity index (χ2v) is 7.85. The van der Waals surface area contributed by atoms with E-state index in [-0.39, 0.29) is 12.5 Å². The van der Waals surface area contributed by atoms with Crippen LogP contribution >= 0.6 is 15.9 Å². The van der Waals surface area contributed by atoms with Gasteiger partial charge in [-0.25, -0.2) is 0 Å². The number of benzene rings is 1. The van der Waals surface area contributed by atoms with Gasteiger partial charge in [-0.2, -0.15) is 5.26 Å². The topological polar surface area (TPSA) is 119 Å². The maximum atomic E-state index is 11.2. The molecule has 158 valence electrons. The van der Waals surface area contributed by atoms with Crippen molar-refractivity contribution in [1.82, 2.24) is 5.32 Å². The molecule has 3 aliphatic rings. The lowest BCUT2D eigenvalue weighted by molar-refractivity contribution is -0.117. The summed E-state index contributed by atoms with van der Waals surface area (Å²) in [6.07, 6.45) is 6.47. The summed E-state index contributed by atoms with van der Waals surface area (Å²) in [6.45, 7) is -0.0186. The maximum Gasteiger partial charge on any atom is 0.236 e. The van der Waals surface area contributed by atoms with Gasteiger partial charge in [0.1, 0.15) is 6.10 Å². The lowest BCUT2D eigenvalue weighted by Crippen LogP contribution is -2.33. The molecule has 3 N–H and O–H groups in total. The van der Waals surface area contributed by atoms with E-state index in [0.717, 1.165) is 22.4 Å². The first-order valence-electron chi connectivity index (χ1n) is 9.38. The molecule has 4 rings (SSSR count). The van der Waals surface area contributed by atoms with Crippen molar-refractivity contribution >= 4 is 28.1 Å². The van der Waals surface area contributed by atoms with Gasteiger partial charge < -0.3 is 25.3 Å². The molecule has 9 heteroatoms. The number of carbonyl (C=O) groups excluding carboxylic acids is 1. The Morgan fingerprint density at radius 1 is 1.35 bits per heavy atom. The monoisotopic (exact) mass is 482 g/mol. The third-order valence-corrected chi connectivity index (χ3v) is 5.83. The number of rotatable bonds is 6. The van der Waals surface area contributed by atoms with E-state index in [4.69, 9.17) is 19.9 Å². The molecule has 1 aromatic carbocycles. The number of hydrogen-bond acceptors (Lipinski definition) is 7. The number of hydrogen-bond donors (Lipinski definition) is 2. The predicted molar refractivity (Wildman–Crippen MR) is 117 cm³/mol. The van der Waals surface area contributed by atoms with Crippen molar-refractivity contribution in [3.8, 4) is 17.6 Å². The van der Waals surface area contributed by atoms with E-state index < -0.39 is 12.0 Å². The van der Waals surface area contributed by atoms with Crippen LogP contribution in [0.3, 0.4) is 0 Å². The van der Waals surface area contributed by atoms with Crippen molar-refractivity contribution in [2.45, 2.75) is 12.0 Å². The third kappa shape index (κ3) is 3.59. The number of primary amides is 1. The largest absolute Gasteiger partial charge is 0.493 e. The summed E-state index contributed by atoms with van der Waals surface area (Å²) < 4.78 is 17.6. The van der Waals surface area contributed by atoms with Crippen molar-refractivity contribution in [3.63, 3.8) is 0 Å². The smallest absolute Gasteiger partial charge is 0.236 e. The zero-order valence-electron chi connectivity index (χ0n) is 16.8. The van der Waals surface area contributed by atoms with E-state index in [1.54, 1.807) is 20.4 Å². The van der Waals surface area contributed by atoms with Crippen LogP contribution in [0, 0.1) is 11.3 Å². The van der Waals surface area contributed by atoms with Crippen LogP contribution < -0.4 is 20.5 Å². The number of carbonyl (C=O) groups is 1. The van der Waals surface area contributed by atoms with Crippen LogP contribution in [0.4, 0.5) is 0 Å². The number of nitrogens with zero attached hydrogens (tertiary/aromatic N) is 2. The van der Waals surface area contributed by atoms with Gasteiger partial charge in [0.2, 0.25) is 5.91 Å². The number of methoxy groups -OCH3 is 2. The van der Waals surface area contributed by atoms with Crippen LogP contribution in [0.25, 0.3) is 0 Å². The highest BCUT2D eigenvalue weighted by molar-refractivity contribution is 9.10. The number of aliphatic imine (C=N–C) groups is 1. The summed E-state index contributed by atoms with van der Waals surface area (Å²) in [4.78, 5) is 15.6. The predicted octanol–water partition coefficient (Wildman–Crippen LogP) is 2.59. The second-order valence-electron chi connectivity index (χ2n) is 7.00. The quantitative estimate of drug-likeness (QED) is 0.642. The molecule has 0 saturated heterocycles. The fraction of sp³-hybridized carbons (Fsp3) is 0.227. The van der Waals surface area contributed by atoms with Crippen LogP contribution in [0.2, 0.25) is 0 Å². The number of ether oxygens (including phenoxy) is 3. The van der Waals surface area contributed by atoms with E-state index >= 15 is 0 Å². The molecule has 0 saturated carbocycles. The molecule has 1 amide bonds. The lowest BCUT2D eigenvalue weighted by Gasteiger charge is -2.34. The third-order valence-electron chi connectivity index (χ3n) is 5.24. The van der Waals surface area contributed by atoms with Crippen LogP contribution in [0.15, 0.2) is 68.1 Å². The SMILES string of the molecule is COc1cc(C2C(C#N)=COC3C2=CC=C2N=CC(NCC(N)=O)=C23)cc(Br)c1OC. The molecule has 8 nitrogen and oxygen atoms in total. The highest BCUT2D eigenvalue weighted by Crippen LogP contribution is 2.48. The van der Waals surface area contributed by atoms with E-state index in [9.17, 15) is 10.1 Å². The first-order chi connectivity index (χ1) is 15.0. The van der Waals surface area contributed by atoms with E-state index in [1.807, 2.05) is 24.3 Å². The molecule has 2 unspecified atom stereocenters. The molecular formula is C22H19BrN4O4. The molecule has 1 aliphatic carbocycles. The minimum atomic E-state index is -0.477. The van der Waals surface area contributed by atoms with Crippen molar-refractivity contribution in [2.24, 2.45) is 10.7 Å². The lowest BCUT2D eigenvalue weighted by atomic mass is 9.77. The molecule has 0 spiro atoms. The average Bonchev–Trinajstić information content (AvgIpc) is 3.19. The van der Waals surface area contributed by atoms with E-state index in [0.29, 0.717) is 27.2 Å². The average molecular weight is 483 g/mol. The Morgan fingerprint density at radius 3 is 2.84 bits per heavy atom. The Kier molecular flexibility index (Phi) is 5.57. The van der Waals surface area contributed by atoms with E-state index in [2.05, 4.69) is 32.3 Å². The summed E-state index contributed by atoms with van der Waals surface area (Å²) in [5.41, 5.74) is 9.67. The Morgan fingerprint density at radius 2 is 2.16 bits per heavy atom. The van der Waals surface area contributed by atoms with Gasteiger partial charge in [-0.1, -0.05) is 6.08 Å². The summed E-state index contributed by atoms with van der Waals surface area (Å²) in [5.74, 6) is 0.284. The summed E-state index contributed by atoms with van der Waals surface area (Å²) >= 11 is 3.53. The maximum absolute atomic E-state index is 11.2. The summed E-state index contributed by atoms with van der Waals surface area (Å²) in [5, 5.41) is 12.8. The standard InChI is InChI=1S/C22H19BrN4O4/c1-29-17-6-11(5-14(23)22(17)30-2)19-12(7-24)10-31-21-13(19)3-4-15-20(21)16(8-26-15)27-9-18(25)28/h3-6,8,10,19,21,27H,9H2,1-2H3,(H2,25,28). The molecule has 31 heavy (non-hydrogen) atoms. The molecule has 2 heterocycles. The van der Waals surface area contributed by atoms with Crippen molar-refractivity contribution in [3.05, 3.63) is 68.7 Å². The number of halogens is 1. The highest BCUT2D eigenvalue weighted by atomic mass is 79.9. The number of nitrogens with two attached hydrogens (primary N) is 1. The Hall–Kier alpha value is -3.51. The van der Waals surface area contributed by atoms with Gasteiger partial charge in [0.15, 0.2) is 11.5 Å². The Balaban J connectivity index is 1.81. The first kappa shape index (κ1) is 20.8. The van der Waals surface area contributed by atoms with Gasteiger partial charge in [0.25, 0.3) is 0 Å². The molecular weight excluding hydrogens is 464 g/mol. The minimum Gasteiger partial charge on any atom is -0.493 e. The number of allylic oxidation sites excluding steroid dienone is 4. The van der Waals surface area contributed by atoms with Crippen LogP contribution in [0.5, 0.6) is 11.5 Å². The van der Waals surface area contributed by atoms with Gasteiger partial charge in [0, 0.05) is 11.5 Å². The number of nitriles is 1. The van der Waals surface area contributed by atoms with Crippen molar-refractivity contribution in [2.75, 3.05) is 20.8 Å². The summed E-state index contributed by atoms with van der Waals surface area (Å²) in [6, 6.07) is 6.01.